The Hall–Kier alpha value is -2.36. The van der Waals surface area contributed by atoms with Crippen LogP contribution in [0.3, 0.4) is 0 Å². The van der Waals surface area contributed by atoms with Gasteiger partial charge >= 0.3 is 0 Å². The Morgan fingerprint density at radius 2 is 2.17 bits per heavy atom. The van der Waals surface area contributed by atoms with Crippen molar-refractivity contribution in [3.05, 3.63) is 54.7 Å². The number of aromatic amines is 1. The van der Waals surface area contributed by atoms with Crippen molar-refractivity contribution in [2.24, 2.45) is 0 Å². The van der Waals surface area contributed by atoms with E-state index in [9.17, 15) is 0 Å². The predicted molar refractivity (Wildman–Crippen MR) is 72.4 cm³/mol. The molecule has 0 aliphatic carbocycles. The lowest BCUT2D eigenvalue weighted by atomic mass is 10.2. The first kappa shape index (κ1) is 10.8. The second kappa shape index (κ2) is 4.49. The average molecular weight is 238 g/mol. The largest absolute Gasteiger partial charge is 0.377 e. The number of nitrogens with one attached hydrogen (secondary N) is 2. The Balaban J connectivity index is 1.83. The molecule has 0 saturated heterocycles. The molecule has 0 radical (unpaired) electrons. The van der Waals surface area contributed by atoms with E-state index in [1.165, 1.54) is 5.39 Å². The SMILES string of the molecule is CC(Nc1ccc2[nH]ccc2c1)c1cnccn1. The molecule has 0 aliphatic heterocycles. The average Bonchev–Trinajstić information content (AvgIpc) is 2.87. The number of benzene rings is 1. The van der Waals surface area contributed by atoms with E-state index in [-0.39, 0.29) is 6.04 Å². The van der Waals surface area contributed by atoms with Crippen LogP contribution in [0.1, 0.15) is 18.7 Å². The number of anilines is 1. The molecule has 0 aliphatic rings. The summed E-state index contributed by atoms with van der Waals surface area (Å²) in [5, 5.41) is 4.62. The Morgan fingerprint density at radius 1 is 1.22 bits per heavy atom. The van der Waals surface area contributed by atoms with E-state index in [4.69, 9.17) is 0 Å². The summed E-state index contributed by atoms with van der Waals surface area (Å²) in [4.78, 5) is 11.6. The van der Waals surface area contributed by atoms with Gasteiger partial charge in [0, 0.05) is 35.2 Å². The molecule has 3 aromatic rings. The van der Waals surface area contributed by atoms with Crippen LogP contribution in [0, 0.1) is 0 Å². The van der Waals surface area contributed by atoms with Gasteiger partial charge in [-0.3, -0.25) is 9.97 Å². The molecule has 1 atom stereocenters. The van der Waals surface area contributed by atoms with Crippen molar-refractivity contribution < 1.29 is 0 Å². The van der Waals surface area contributed by atoms with Gasteiger partial charge in [0.2, 0.25) is 0 Å². The van der Waals surface area contributed by atoms with Gasteiger partial charge < -0.3 is 10.3 Å². The van der Waals surface area contributed by atoms with E-state index < -0.39 is 0 Å². The lowest BCUT2D eigenvalue weighted by Gasteiger charge is -2.14. The molecule has 4 nitrogen and oxygen atoms in total. The third-order valence-electron chi connectivity index (χ3n) is 2.96. The van der Waals surface area contributed by atoms with Gasteiger partial charge in [-0.05, 0) is 31.2 Å². The van der Waals surface area contributed by atoms with Gasteiger partial charge in [-0.25, -0.2) is 0 Å². The number of fused-ring (bicyclic) bond motifs is 1. The van der Waals surface area contributed by atoms with Crippen molar-refractivity contribution in [3.8, 4) is 0 Å². The van der Waals surface area contributed by atoms with E-state index >= 15 is 0 Å². The third-order valence-corrected chi connectivity index (χ3v) is 2.96. The van der Waals surface area contributed by atoms with E-state index in [0.717, 1.165) is 16.9 Å². The molecule has 4 heteroatoms. The van der Waals surface area contributed by atoms with Crippen molar-refractivity contribution >= 4 is 16.6 Å². The smallest absolute Gasteiger partial charge is 0.0806 e. The van der Waals surface area contributed by atoms with Crippen LogP contribution in [0.15, 0.2) is 49.1 Å². The highest BCUT2D eigenvalue weighted by atomic mass is 14.9. The molecule has 2 N–H and O–H groups in total. The van der Waals surface area contributed by atoms with Crippen LogP contribution >= 0.6 is 0 Å². The quantitative estimate of drug-likeness (QED) is 0.737. The normalized spacial score (nSPS) is 12.5. The Kier molecular flexibility index (Phi) is 2.68. The van der Waals surface area contributed by atoms with E-state index in [1.807, 2.05) is 6.20 Å². The summed E-state index contributed by atoms with van der Waals surface area (Å²) in [5.41, 5.74) is 3.17. The molecule has 0 saturated carbocycles. The second-order valence-corrected chi connectivity index (χ2v) is 4.28. The monoisotopic (exact) mass is 238 g/mol. The molecule has 2 aromatic heterocycles. The lowest BCUT2D eigenvalue weighted by Crippen LogP contribution is -2.08. The first-order chi connectivity index (χ1) is 8.83. The summed E-state index contributed by atoms with van der Waals surface area (Å²) in [6.45, 7) is 2.07. The van der Waals surface area contributed by atoms with Crippen LogP contribution in [0.4, 0.5) is 5.69 Å². The van der Waals surface area contributed by atoms with E-state index in [0.29, 0.717) is 0 Å². The molecule has 18 heavy (non-hydrogen) atoms. The fourth-order valence-corrected chi connectivity index (χ4v) is 2.00. The summed E-state index contributed by atoms with van der Waals surface area (Å²) in [6.07, 6.45) is 7.12. The maximum absolute atomic E-state index is 4.30. The van der Waals surface area contributed by atoms with Crippen molar-refractivity contribution in [1.82, 2.24) is 15.0 Å². The summed E-state index contributed by atoms with van der Waals surface area (Å²) in [7, 11) is 0. The zero-order chi connectivity index (χ0) is 12.4. The minimum absolute atomic E-state index is 0.134. The molecule has 90 valence electrons. The fourth-order valence-electron chi connectivity index (χ4n) is 2.00. The first-order valence-corrected chi connectivity index (χ1v) is 5.92. The van der Waals surface area contributed by atoms with Crippen LogP contribution in [-0.2, 0) is 0 Å². The number of nitrogens with zero attached hydrogens (tertiary/aromatic N) is 2. The third kappa shape index (κ3) is 2.05. The topological polar surface area (TPSA) is 53.6 Å². The van der Waals surface area contributed by atoms with Crippen molar-refractivity contribution in [2.75, 3.05) is 5.32 Å². The van der Waals surface area contributed by atoms with Crippen LogP contribution in [-0.4, -0.2) is 15.0 Å². The van der Waals surface area contributed by atoms with E-state index in [2.05, 4.69) is 51.5 Å². The number of hydrogen-bond donors (Lipinski definition) is 2. The highest BCUT2D eigenvalue weighted by Crippen LogP contribution is 2.21. The zero-order valence-electron chi connectivity index (χ0n) is 10.1. The molecule has 0 bridgehead atoms. The van der Waals surface area contributed by atoms with Crippen LogP contribution < -0.4 is 5.32 Å². The van der Waals surface area contributed by atoms with Crippen LogP contribution in [0.25, 0.3) is 10.9 Å². The Labute approximate surface area is 105 Å². The number of hydrogen-bond acceptors (Lipinski definition) is 3. The molecule has 1 unspecified atom stereocenters. The molecular formula is C14H14N4. The number of aromatic nitrogens is 3. The molecule has 0 spiro atoms. The van der Waals surface area contributed by atoms with Crippen LogP contribution in [0.5, 0.6) is 0 Å². The zero-order valence-corrected chi connectivity index (χ0v) is 10.1. The molecule has 0 amide bonds. The van der Waals surface area contributed by atoms with Gasteiger partial charge in [-0.15, -0.1) is 0 Å². The summed E-state index contributed by atoms with van der Waals surface area (Å²) < 4.78 is 0. The number of H-pyrrole nitrogens is 1. The number of rotatable bonds is 3. The lowest BCUT2D eigenvalue weighted by molar-refractivity contribution is 0.828. The maximum atomic E-state index is 4.30. The molecule has 2 heterocycles. The highest BCUT2D eigenvalue weighted by molar-refractivity contribution is 5.83. The van der Waals surface area contributed by atoms with Gasteiger partial charge in [-0.1, -0.05) is 0 Å². The fraction of sp³-hybridized carbons (Fsp3) is 0.143. The van der Waals surface area contributed by atoms with Gasteiger partial charge in [0.25, 0.3) is 0 Å². The maximum Gasteiger partial charge on any atom is 0.0806 e. The van der Waals surface area contributed by atoms with Gasteiger partial charge in [0.05, 0.1) is 17.9 Å². The highest BCUT2D eigenvalue weighted by Gasteiger charge is 2.06. The minimum atomic E-state index is 0.134. The Bertz CT molecular complexity index is 645. The molecule has 1 aromatic carbocycles. The standard InChI is InChI=1S/C14H14N4/c1-10(14-9-15-6-7-17-14)18-12-2-3-13-11(8-12)4-5-16-13/h2-10,16,18H,1H3. The molecule has 0 fully saturated rings. The van der Waals surface area contributed by atoms with Crippen molar-refractivity contribution in [2.45, 2.75) is 13.0 Å². The summed E-state index contributed by atoms with van der Waals surface area (Å²) in [5.74, 6) is 0. The minimum Gasteiger partial charge on any atom is -0.377 e. The Morgan fingerprint density at radius 3 is 3.00 bits per heavy atom. The van der Waals surface area contributed by atoms with Gasteiger partial charge in [0.1, 0.15) is 0 Å². The molecular weight excluding hydrogens is 224 g/mol. The van der Waals surface area contributed by atoms with Crippen molar-refractivity contribution in [1.29, 1.82) is 0 Å². The second-order valence-electron chi connectivity index (χ2n) is 4.28. The molecule has 3 rings (SSSR count). The first-order valence-electron chi connectivity index (χ1n) is 5.92. The summed E-state index contributed by atoms with van der Waals surface area (Å²) >= 11 is 0. The summed E-state index contributed by atoms with van der Waals surface area (Å²) in [6, 6.07) is 8.45. The van der Waals surface area contributed by atoms with Gasteiger partial charge in [0.15, 0.2) is 0 Å². The predicted octanol–water partition coefficient (Wildman–Crippen LogP) is 3.13. The van der Waals surface area contributed by atoms with E-state index in [1.54, 1.807) is 18.6 Å². The van der Waals surface area contributed by atoms with Crippen LogP contribution in [0.2, 0.25) is 0 Å². The van der Waals surface area contributed by atoms with Gasteiger partial charge in [-0.2, -0.15) is 0 Å². The van der Waals surface area contributed by atoms with Crippen molar-refractivity contribution in [3.63, 3.8) is 0 Å².